The van der Waals surface area contributed by atoms with Gasteiger partial charge in [-0.05, 0) is 24.8 Å². The molecule has 1 aliphatic rings. The van der Waals surface area contributed by atoms with E-state index in [9.17, 15) is 4.79 Å². The maximum absolute atomic E-state index is 11.7. The molecule has 1 saturated carbocycles. The van der Waals surface area contributed by atoms with Crippen molar-refractivity contribution in [3.05, 3.63) is 34.4 Å². The van der Waals surface area contributed by atoms with Crippen molar-refractivity contribution in [1.82, 2.24) is 14.7 Å². The summed E-state index contributed by atoms with van der Waals surface area (Å²) < 4.78 is 6.89. The summed E-state index contributed by atoms with van der Waals surface area (Å²) in [5.74, 6) is 1.76. The first-order valence-corrected chi connectivity index (χ1v) is 7.01. The third-order valence-electron chi connectivity index (χ3n) is 4.53. The monoisotopic (exact) mass is 273 g/mol. The predicted octanol–water partition coefficient (Wildman–Crippen LogP) is 2.51. The molecule has 5 nitrogen and oxygen atoms in total. The molecule has 0 radical (unpaired) electrons. The molecule has 1 fully saturated rings. The molecule has 2 aromatic heterocycles. The van der Waals surface area contributed by atoms with Gasteiger partial charge in [0.05, 0.1) is 0 Å². The molecule has 3 rings (SSSR count). The van der Waals surface area contributed by atoms with Crippen LogP contribution in [0.1, 0.15) is 38.9 Å². The standard InChI is InChI=1S/C15H19N3O2/c1-15(2,10-6-4-7-10)14-16-13(20-17-14)11-8-5-9-12(19)18(11)3/h5,8-10H,4,6-7H2,1-3H3. The van der Waals surface area contributed by atoms with Crippen molar-refractivity contribution in [3.63, 3.8) is 0 Å². The Balaban J connectivity index is 1.98. The summed E-state index contributed by atoms with van der Waals surface area (Å²) in [6.45, 7) is 4.32. The maximum atomic E-state index is 11.7. The highest BCUT2D eigenvalue weighted by molar-refractivity contribution is 5.47. The minimum absolute atomic E-state index is 0.0757. The summed E-state index contributed by atoms with van der Waals surface area (Å²) >= 11 is 0. The van der Waals surface area contributed by atoms with E-state index >= 15 is 0 Å². The van der Waals surface area contributed by atoms with Crippen LogP contribution in [0.4, 0.5) is 0 Å². The molecule has 2 aromatic rings. The second-order valence-corrected chi connectivity index (χ2v) is 6.08. The number of aromatic nitrogens is 3. The zero-order valence-corrected chi connectivity index (χ0v) is 12.1. The third-order valence-corrected chi connectivity index (χ3v) is 4.53. The Morgan fingerprint density at radius 1 is 1.35 bits per heavy atom. The molecule has 5 heteroatoms. The lowest BCUT2D eigenvalue weighted by Gasteiger charge is -2.37. The molecule has 0 atom stereocenters. The fourth-order valence-corrected chi connectivity index (χ4v) is 2.68. The van der Waals surface area contributed by atoms with Crippen molar-refractivity contribution in [3.8, 4) is 11.6 Å². The molecule has 0 N–H and O–H groups in total. The van der Waals surface area contributed by atoms with E-state index < -0.39 is 0 Å². The smallest absolute Gasteiger partial charge is 0.274 e. The van der Waals surface area contributed by atoms with Gasteiger partial charge in [-0.25, -0.2) is 0 Å². The predicted molar refractivity (Wildman–Crippen MR) is 75.3 cm³/mol. The van der Waals surface area contributed by atoms with Gasteiger partial charge < -0.3 is 9.09 Å². The molecule has 20 heavy (non-hydrogen) atoms. The number of rotatable bonds is 3. The van der Waals surface area contributed by atoms with Crippen LogP contribution in [-0.2, 0) is 12.5 Å². The van der Waals surface area contributed by atoms with Crippen LogP contribution in [-0.4, -0.2) is 14.7 Å². The molecule has 0 spiro atoms. The van der Waals surface area contributed by atoms with E-state index in [-0.39, 0.29) is 11.0 Å². The van der Waals surface area contributed by atoms with E-state index in [1.807, 2.05) is 6.07 Å². The van der Waals surface area contributed by atoms with Crippen LogP contribution in [0.2, 0.25) is 0 Å². The van der Waals surface area contributed by atoms with Crippen LogP contribution in [0.15, 0.2) is 27.5 Å². The lowest BCUT2D eigenvalue weighted by molar-refractivity contribution is 0.181. The second-order valence-electron chi connectivity index (χ2n) is 6.08. The van der Waals surface area contributed by atoms with Gasteiger partial charge in [0.15, 0.2) is 5.82 Å². The fourth-order valence-electron chi connectivity index (χ4n) is 2.68. The summed E-state index contributed by atoms with van der Waals surface area (Å²) in [7, 11) is 1.71. The van der Waals surface area contributed by atoms with Crippen molar-refractivity contribution < 1.29 is 4.52 Å². The van der Waals surface area contributed by atoms with Crippen molar-refractivity contribution >= 4 is 0 Å². The third kappa shape index (κ3) is 1.97. The van der Waals surface area contributed by atoms with E-state index in [2.05, 4.69) is 24.0 Å². The Hall–Kier alpha value is -1.91. The summed E-state index contributed by atoms with van der Waals surface area (Å²) in [5.41, 5.74) is 0.495. The molecule has 0 bridgehead atoms. The van der Waals surface area contributed by atoms with E-state index in [1.165, 1.54) is 29.9 Å². The number of pyridine rings is 1. The van der Waals surface area contributed by atoms with Gasteiger partial charge in [-0.1, -0.05) is 31.5 Å². The average Bonchev–Trinajstić information content (AvgIpc) is 2.79. The topological polar surface area (TPSA) is 60.9 Å². The molecule has 2 heterocycles. The van der Waals surface area contributed by atoms with Crippen molar-refractivity contribution in [1.29, 1.82) is 0 Å². The quantitative estimate of drug-likeness (QED) is 0.862. The van der Waals surface area contributed by atoms with Crippen molar-refractivity contribution in [2.45, 2.75) is 38.5 Å². The first kappa shape index (κ1) is 13.1. The lowest BCUT2D eigenvalue weighted by atomic mass is 9.67. The highest BCUT2D eigenvalue weighted by Gasteiger charge is 2.39. The fraction of sp³-hybridized carbons (Fsp3) is 0.533. The van der Waals surface area contributed by atoms with Crippen molar-refractivity contribution in [2.75, 3.05) is 0 Å². The largest absolute Gasteiger partial charge is 0.332 e. The van der Waals surface area contributed by atoms with Gasteiger partial charge in [0.1, 0.15) is 5.69 Å². The number of hydrogen-bond acceptors (Lipinski definition) is 4. The summed E-state index contributed by atoms with van der Waals surface area (Å²) in [5, 5.41) is 4.14. The van der Waals surface area contributed by atoms with E-state index in [1.54, 1.807) is 13.1 Å². The zero-order valence-electron chi connectivity index (χ0n) is 12.1. The first-order valence-electron chi connectivity index (χ1n) is 7.01. The van der Waals surface area contributed by atoms with Gasteiger partial charge in [-0.3, -0.25) is 4.79 Å². The normalized spacial score (nSPS) is 16.1. The average molecular weight is 273 g/mol. The summed E-state index contributed by atoms with van der Waals surface area (Å²) in [4.78, 5) is 16.2. The van der Waals surface area contributed by atoms with Crippen LogP contribution >= 0.6 is 0 Å². The maximum Gasteiger partial charge on any atom is 0.274 e. The molecule has 0 aromatic carbocycles. The van der Waals surface area contributed by atoms with Gasteiger partial charge in [0.2, 0.25) is 0 Å². The minimum atomic E-state index is -0.0829. The second kappa shape index (κ2) is 4.58. The van der Waals surface area contributed by atoms with E-state index in [4.69, 9.17) is 4.52 Å². The molecule has 0 aliphatic heterocycles. The molecule has 0 amide bonds. The van der Waals surface area contributed by atoms with Crippen molar-refractivity contribution in [2.24, 2.45) is 13.0 Å². The van der Waals surface area contributed by atoms with E-state index in [0.29, 0.717) is 17.5 Å². The Kier molecular flexibility index (Phi) is 3.00. The first-order chi connectivity index (χ1) is 9.50. The Labute approximate surface area is 117 Å². The zero-order chi connectivity index (χ0) is 14.3. The molecule has 1 aliphatic carbocycles. The van der Waals surface area contributed by atoms with Gasteiger partial charge in [0, 0.05) is 18.5 Å². The minimum Gasteiger partial charge on any atom is -0.332 e. The summed E-state index contributed by atoms with van der Waals surface area (Å²) in [6, 6.07) is 5.03. The molecule has 106 valence electrons. The van der Waals surface area contributed by atoms with Crippen LogP contribution < -0.4 is 5.56 Å². The molecular formula is C15H19N3O2. The van der Waals surface area contributed by atoms with Gasteiger partial charge in [0.25, 0.3) is 11.4 Å². The highest BCUT2D eigenvalue weighted by atomic mass is 16.5. The van der Waals surface area contributed by atoms with Gasteiger partial charge in [-0.2, -0.15) is 4.98 Å². The molecule has 0 saturated heterocycles. The molecular weight excluding hydrogens is 254 g/mol. The van der Waals surface area contributed by atoms with Crippen LogP contribution in [0.25, 0.3) is 11.6 Å². The lowest BCUT2D eigenvalue weighted by Crippen LogP contribution is -2.34. The SMILES string of the molecule is Cn1c(-c2nc(C(C)(C)C3CCC3)no2)cccc1=O. The van der Waals surface area contributed by atoms with Gasteiger partial charge in [-0.15, -0.1) is 0 Å². The van der Waals surface area contributed by atoms with E-state index in [0.717, 1.165) is 5.82 Å². The summed E-state index contributed by atoms with van der Waals surface area (Å²) in [6.07, 6.45) is 3.73. The Bertz CT molecular complexity index is 680. The highest BCUT2D eigenvalue weighted by Crippen LogP contribution is 2.42. The van der Waals surface area contributed by atoms with Crippen LogP contribution in [0.5, 0.6) is 0 Å². The molecule has 0 unspecified atom stereocenters. The van der Waals surface area contributed by atoms with Gasteiger partial charge >= 0.3 is 0 Å². The Morgan fingerprint density at radius 2 is 2.10 bits per heavy atom. The number of hydrogen-bond donors (Lipinski definition) is 0. The number of nitrogens with zero attached hydrogens (tertiary/aromatic N) is 3. The van der Waals surface area contributed by atoms with Crippen LogP contribution in [0, 0.1) is 5.92 Å². The van der Waals surface area contributed by atoms with Crippen LogP contribution in [0.3, 0.4) is 0 Å². The Morgan fingerprint density at radius 3 is 2.75 bits per heavy atom.